The number of carbonyl (C=O) groups excluding carboxylic acids is 4. The highest BCUT2D eigenvalue weighted by molar-refractivity contribution is 6.20. The van der Waals surface area contributed by atoms with Crippen molar-refractivity contribution in [1.82, 2.24) is 0 Å². The van der Waals surface area contributed by atoms with E-state index >= 15 is 0 Å². The van der Waals surface area contributed by atoms with Gasteiger partial charge in [-0.05, 0) is 20.8 Å². The van der Waals surface area contributed by atoms with Gasteiger partial charge in [0.25, 0.3) is 6.43 Å². The molecule has 0 heterocycles. The van der Waals surface area contributed by atoms with Crippen LogP contribution in [0.3, 0.4) is 0 Å². The van der Waals surface area contributed by atoms with Gasteiger partial charge in [-0.15, -0.1) is 0 Å². The van der Waals surface area contributed by atoms with Gasteiger partial charge in [0.05, 0.1) is 12.0 Å². The van der Waals surface area contributed by atoms with Crippen LogP contribution in [0.1, 0.15) is 27.2 Å². The van der Waals surface area contributed by atoms with Crippen LogP contribution < -0.4 is 0 Å². The molecule has 0 spiro atoms. The van der Waals surface area contributed by atoms with E-state index < -0.39 is 48.0 Å². The van der Waals surface area contributed by atoms with E-state index in [9.17, 15) is 36.7 Å². The molecule has 0 N–H and O–H groups in total. The Bertz CT molecular complexity index is 414. The second-order valence-electron chi connectivity index (χ2n) is 3.57. The Labute approximate surface area is 112 Å². The van der Waals surface area contributed by atoms with Crippen molar-refractivity contribution in [2.45, 2.75) is 40.0 Å². The summed E-state index contributed by atoms with van der Waals surface area (Å²) in [5.74, 6) is -3.86. The van der Waals surface area contributed by atoms with Crippen LogP contribution in [-0.4, -0.2) is 36.0 Å². The molecule has 4 nitrogen and oxygen atoms in total. The van der Waals surface area contributed by atoms with Gasteiger partial charge < -0.3 is 0 Å². The summed E-state index contributed by atoms with van der Waals surface area (Å²) in [6.07, 6.45) is -5.66. The maximum absolute atomic E-state index is 11.7. The van der Waals surface area contributed by atoms with E-state index in [1.807, 2.05) is 0 Å². The van der Waals surface area contributed by atoms with Crippen LogP contribution in [-0.2, 0) is 19.2 Å². The first-order valence-electron chi connectivity index (χ1n) is 5.34. The Morgan fingerprint density at radius 2 is 1.40 bits per heavy atom. The fourth-order valence-electron chi connectivity index (χ4n) is 0.959. The lowest BCUT2D eigenvalue weighted by Crippen LogP contribution is -2.17. The lowest BCUT2D eigenvalue weighted by atomic mass is 10.1. The lowest BCUT2D eigenvalue weighted by molar-refractivity contribution is -0.133. The monoisotopic (exact) mass is 298 g/mol. The molecule has 0 fully saturated rings. The Morgan fingerprint density at radius 1 is 0.950 bits per heavy atom. The van der Waals surface area contributed by atoms with Crippen molar-refractivity contribution >= 4 is 23.1 Å². The SMILES string of the molecule is C/C=C(\C(C)=O)C(=O)C(F)F.CC(=O)CC(=O)C(F)F. The number of hydrogen-bond acceptors (Lipinski definition) is 4. The molecule has 0 saturated carbocycles. The van der Waals surface area contributed by atoms with Crippen LogP contribution in [0, 0.1) is 0 Å². The van der Waals surface area contributed by atoms with E-state index in [4.69, 9.17) is 0 Å². The molecule has 0 rings (SSSR count). The number of rotatable bonds is 6. The largest absolute Gasteiger partial charge is 0.300 e. The summed E-state index contributed by atoms with van der Waals surface area (Å²) < 4.78 is 45.9. The maximum atomic E-state index is 11.7. The second kappa shape index (κ2) is 9.99. The summed E-state index contributed by atoms with van der Waals surface area (Å²) in [7, 11) is 0. The maximum Gasteiger partial charge on any atom is 0.300 e. The van der Waals surface area contributed by atoms with E-state index in [1.54, 1.807) is 0 Å². The van der Waals surface area contributed by atoms with Crippen molar-refractivity contribution < 1.29 is 36.7 Å². The standard InChI is InChI=1S/C7H8F2O2.C5H6F2O2/c1-3-5(4(2)10)6(11)7(8)9;1-3(8)2-4(9)5(6)7/h3,7H,1-2H3;5H,2H2,1H3/b5-3+;. The number of allylic oxidation sites excluding steroid dienone is 2. The fourth-order valence-corrected chi connectivity index (χ4v) is 0.959. The van der Waals surface area contributed by atoms with E-state index in [0.29, 0.717) is 0 Å². The van der Waals surface area contributed by atoms with Crippen LogP contribution in [0.2, 0.25) is 0 Å². The molecular weight excluding hydrogens is 284 g/mol. The van der Waals surface area contributed by atoms with Crippen molar-refractivity contribution in [3.63, 3.8) is 0 Å². The second-order valence-corrected chi connectivity index (χ2v) is 3.57. The first-order valence-corrected chi connectivity index (χ1v) is 5.34. The molecule has 0 aromatic heterocycles. The molecule has 0 aromatic rings. The van der Waals surface area contributed by atoms with Gasteiger partial charge in [-0.3, -0.25) is 19.2 Å². The van der Waals surface area contributed by atoms with Gasteiger partial charge in [-0.1, -0.05) is 6.08 Å². The van der Waals surface area contributed by atoms with Crippen LogP contribution in [0.4, 0.5) is 17.6 Å². The number of hydrogen-bond donors (Lipinski definition) is 0. The van der Waals surface area contributed by atoms with Gasteiger partial charge in [0.15, 0.2) is 5.78 Å². The molecule has 0 bridgehead atoms. The van der Waals surface area contributed by atoms with Crippen molar-refractivity contribution in [2.24, 2.45) is 0 Å². The zero-order valence-electron chi connectivity index (χ0n) is 11.1. The van der Waals surface area contributed by atoms with Gasteiger partial charge >= 0.3 is 6.43 Å². The third-order valence-electron chi connectivity index (χ3n) is 1.80. The van der Waals surface area contributed by atoms with E-state index in [1.165, 1.54) is 6.92 Å². The van der Waals surface area contributed by atoms with Gasteiger partial charge in [0.2, 0.25) is 11.6 Å². The van der Waals surface area contributed by atoms with Crippen LogP contribution in [0.5, 0.6) is 0 Å². The van der Waals surface area contributed by atoms with Crippen molar-refractivity contribution in [2.75, 3.05) is 0 Å². The highest BCUT2D eigenvalue weighted by Gasteiger charge is 2.22. The van der Waals surface area contributed by atoms with Gasteiger partial charge in [0, 0.05) is 0 Å². The molecule has 114 valence electrons. The van der Waals surface area contributed by atoms with Crippen molar-refractivity contribution in [3.05, 3.63) is 11.6 Å². The van der Waals surface area contributed by atoms with Gasteiger partial charge in [0.1, 0.15) is 5.78 Å². The molecule has 8 heteroatoms. The smallest absolute Gasteiger partial charge is 0.300 e. The van der Waals surface area contributed by atoms with E-state index in [2.05, 4.69) is 0 Å². The molecule has 0 radical (unpaired) electrons. The summed E-state index contributed by atoms with van der Waals surface area (Å²) in [5.41, 5.74) is -0.431. The molecular formula is C12H14F4O4. The van der Waals surface area contributed by atoms with Crippen molar-refractivity contribution in [3.8, 4) is 0 Å². The summed E-state index contributed by atoms with van der Waals surface area (Å²) in [6, 6.07) is 0. The first kappa shape index (κ1) is 20.5. The molecule has 0 aliphatic carbocycles. The number of ketones is 4. The van der Waals surface area contributed by atoms with Gasteiger partial charge in [-0.2, -0.15) is 0 Å². The number of alkyl halides is 4. The predicted molar refractivity (Wildman–Crippen MR) is 61.8 cm³/mol. The highest BCUT2D eigenvalue weighted by atomic mass is 19.3. The molecule has 0 atom stereocenters. The highest BCUT2D eigenvalue weighted by Crippen LogP contribution is 2.05. The average Bonchev–Trinajstić information content (AvgIpc) is 2.28. The van der Waals surface area contributed by atoms with Gasteiger partial charge in [-0.25, -0.2) is 17.6 Å². The van der Waals surface area contributed by atoms with E-state index in [0.717, 1.165) is 19.9 Å². The topological polar surface area (TPSA) is 68.3 Å². The summed E-state index contributed by atoms with van der Waals surface area (Å²) in [6.45, 7) is 3.55. The Kier molecular flexibility index (Phi) is 10.2. The quantitative estimate of drug-likeness (QED) is 0.326. The third kappa shape index (κ3) is 9.12. The zero-order chi connectivity index (χ0) is 16.5. The number of Topliss-reactive ketones (excluding diaryl/α,β-unsaturated/α-hetero) is 4. The minimum absolute atomic E-state index is 0.431. The summed E-state index contributed by atoms with van der Waals surface area (Å²) in [5, 5.41) is 0. The Balaban J connectivity index is 0. The fraction of sp³-hybridized carbons (Fsp3) is 0.500. The predicted octanol–water partition coefficient (Wildman–Crippen LogP) is 2.16. The Morgan fingerprint density at radius 3 is 1.50 bits per heavy atom. The molecule has 20 heavy (non-hydrogen) atoms. The third-order valence-corrected chi connectivity index (χ3v) is 1.80. The van der Waals surface area contributed by atoms with E-state index in [-0.39, 0.29) is 0 Å². The van der Waals surface area contributed by atoms with Crippen LogP contribution in [0.15, 0.2) is 11.6 Å². The molecule has 0 aromatic carbocycles. The lowest BCUT2D eigenvalue weighted by Gasteiger charge is -1.98. The van der Waals surface area contributed by atoms with Crippen molar-refractivity contribution in [1.29, 1.82) is 0 Å². The number of halogens is 4. The minimum Gasteiger partial charge on any atom is -0.300 e. The Hall–Kier alpha value is -1.86. The molecule has 0 amide bonds. The molecule has 0 unspecified atom stereocenters. The summed E-state index contributed by atoms with van der Waals surface area (Å²) >= 11 is 0. The normalized spacial score (nSPS) is 10.9. The van der Waals surface area contributed by atoms with Crippen LogP contribution in [0.25, 0.3) is 0 Å². The zero-order valence-corrected chi connectivity index (χ0v) is 11.1. The molecule has 0 aliphatic heterocycles. The molecule has 0 saturated heterocycles. The average molecular weight is 298 g/mol. The summed E-state index contributed by atoms with van der Waals surface area (Å²) in [4.78, 5) is 41.0. The molecule has 0 aliphatic rings. The number of carbonyl (C=O) groups is 4. The minimum atomic E-state index is -3.09. The van der Waals surface area contributed by atoms with Crippen LogP contribution >= 0.6 is 0 Å². The first-order chi connectivity index (χ1) is 9.04.